The molecule has 0 heterocycles. The van der Waals surface area contributed by atoms with E-state index in [1.165, 1.54) is 0 Å². The summed E-state index contributed by atoms with van der Waals surface area (Å²) >= 11 is 0. The third kappa shape index (κ3) is 7.50. The van der Waals surface area contributed by atoms with Crippen LogP contribution in [0.4, 0.5) is 0 Å². The average Bonchev–Trinajstić information content (AvgIpc) is 1.84. The van der Waals surface area contributed by atoms with Gasteiger partial charge in [0.25, 0.3) is 0 Å². The van der Waals surface area contributed by atoms with Crippen molar-refractivity contribution in [2.45, 2.75) is 38.8 Å². The highest BCUT2D eigenvalue weighted by Gasteiger charge is 2.06. The minimum absolute atomic E-state index is 0.0266. The van der Waals surface area contributed by atoms with Crippen molar-refractivity contribution in [1.29, 1.82) is 0 Å². The number of hydrogen-bond acceptors (Lipinski definition) is 3. The van der Waals surface area contributed by atoms with Crippen molar-refractivity contribution in [1.82, 2.24) is 5.32 Å². The van der Waals surface area contributed by atoms with Crippen LogP contribution in [-0.2, 0) is 4.79 Å². The molecule has 0 aliphatic carbocycles. The Morgan fingerprint density at radius 1 is 1.50 bits per heavy atom. The van der Waals surface area contributed by atoms with Crippen molar-refractivity contribution in [2.24, 2.45) is 0 Å². The van der Waals surface area contributed by atoms with E-state index in [4.69, 9.17) is 10.2 Å². The van der Waals surface area contributed by atoms with E-state index < -0.39 is 5.97 Å². The third-order valence-corrected chi connectivity index (χ3v) is 1.54. The zero-order valence-corrected chi connectivity index (χ0v) is 7.58. The van der Waals surface area contributed by atoms with E-state index in [-0.39, 0.29) is 18.6 Å². The molecular formula is C8H17NO3. The molecule has 0 aliphatic heterocycles. The van der Waals surface area contributed by atoms with Crippen LogP contribution in [-0.4, -0.2) is 34.9 Å². The number of nitrogens with one attached hydrogen (secondary N) is 1. The lowest BCUT2D eigenvalue weighted by atomic mass is 10.2. The Labute approximate surface area is 72.6 Å². The fourth-order valence-corrected chi connectivity index (χ4v) is 0.873. The van der Waals surface area contributed by atoms with Crippen molar-refractivity contribution in [3.8, 4) is 0 Å². The van der Waals surface area contributed by atoms with Crippen LogP contribution in [0.5, 0.6) is 0 Å². The minimum atomic E-state index is -0.799. The van der Waals surface area contributed by atoms with Gasteiger partial charge in [-0.1, -0.05) is 0 Å². The number of hydrogen-bond donors (Lipinski definition) is 3. The Bertz CT molecular complexity index is 136. The van der Waals surface area contributed by atoms with Crippen molar-refractivity contribution >= 4 is 5.97 Å². The van der Waals surface area contributed by atoms with E-state index in [9.17, 15) is 4.79 Å². The Balaban J connectivity index is 3.31. The first kappa shape index (κ1) is 11.4. The fraction of sp³-hybridized carbons (Fsp3) is 0.875. The van der Waals surface area contributed by atoms with E-state index in [0.717, 1.165) is 0 Å². The summed E-state index contributed by atoms with van der Waals surface area (Å²) in [6.07, 6.45) is 0.457. The molecule has 0 bridgehead atoms. The molecule has 0 aromatic carbocycles. The van der Waals surface area contributed by atoms with E-state index in [2.05, 4.69) is 5.32 Å². The second-order valence-corrected chi connectivity index (χ2v) is 3.09. The first-order valence-electron chi connectivity index (χ1n) is 4.15. The summed E-state index contributed by atoms with van der Waals surface area (Å²) < 4.78 is 0. The van der Waals surface area contributed by atoms with Gasteiger partial charge < -0.3 is 15.5 Å². The van der Waals surface area contributed by atoms with Crippen molar-refractivity contribution in [3.63, 3.8) is 0 Å². The molecule has 0 aromatic heterocycles. The highest BCUT2D eigenvalue weighted by molar-refractivity contribution is 5.67. The molecule has 0 saturated heterocycles. The zero-order chi connectivity index (χ0) is 9.56. The minimum Gasteiger partial charge on any atom is -0.481 e. The van der Waals surface area contributed by atoms with E-state index in [0.29, 0.717) is 13.0 Å². The molecule has 0 radical (unpaired) electrons. The number of rotatable bonds is 6. The second-order valence-electron chi connectivity index (χ2n) is 3.09. The van der Waals surface area contributed by atoms with Crippen molar-refractivity contribution < 1.29 is 15.0 Å². The molecule has 12 heavy (non-hydrogen) atoms. The van der Waals surface area contributed by atoms with Gasteiger partial charge in [0.1, 0.15) is 0 Å². The highest BCUT2D eigenvalue weighted by Crippen LogP contribution is 1.92. The van der Waals surface area contributed by atoms with Crippen molar-refractivity contribution in [2.75, 3.05) is 6.54 Å². The van der Waals surface area contributed by atoms with Crippen molar-refractivity contribution in [3.05, 3.63) is 0 Å². The lowest BCUT2D eigenvalue weighted by Crippen LogP contribution is -2.30. The fourth-order valence-electron chi connectivity index (χ4n) is 0.873. The molecule has 0 spiro atoms. The summed E-state index contributed by atoms with van der Waals surface area (Å²) in [5.74, 6) is -0.799. The molecule has 72 valence electrons. The van der Waals surface area contributed by atoms with Crippen LogP contribution in [0.25, 0.3) is 0 Å². The van der Waals surface area contributed by atoms with Gasteiger partial charge in [-0.05, 0) is 26.8 Å². The van der Waals surface area contributed by atoms with Gasteiger partial charge in [-0.25, -0.2) is 0 Å². The summed E-state index contributed by atoms with van der Waals surface area (Å²) in [5, 5.41) is 20.3. The molecule has 4 nitrogen and oxygen atoms in total. The molecule has 0 fully saturated rings. The van der Waals surface area contributed by atoms with E-state index in [1.807, 2.05) is 6.92 Å². The van der Waals surface area contributed by atoms with Crippen LogP contribution < -0.4 is 5.32 Å². The smallest absolute Gasteiger partial charge is 0.304 e. The Kier molecular flexibility index (Phi) is 5.66. The van der Waals surface area contributed by atoms with Gasteiger partial charge >= 0.3 is 5.97 Å². The summed E-state index contributed by atoms with van der Waals surface area (Å²) in [7, 11) is 0. The van der Waals surface area contributed by atoms with Gasteiger partial charge in [0.05, 0.1) is 12.5 Å². The molecule has 2 atom stereocenters. The number of aliphatic carboxylic acids is 1. The summed E-state index contributed by atoms with van der Waals surface area (Å²) in [5.41, 5.74) is 0. The predicted octanol–water partition coefficient (Wildman–Crippen LogP) is 0.210. The first-order valence-corrected chi connectivity index (χ1v) is 4.15. The maximum atomic E-state index is 10.2. The summed E-state index contributed by atoms with van der Waals surface area (Å²) in [6, 6.07) is -0.0266. The molecule has 0 amide bonds. The molecule has 0 aromatic rings. The number of carbonyl (C=O) groups is 1. The second kappa shape index (κ2) is 5.97. The van der Waals surface area contributed by atoms with Gasteiger partial charge in [-0.2, -0.15) is 0 Å². The maximum absolute atomic E-state index is 10.2. The topological polar surface area (TPSA) is 69.6 Å². The van der Waals surface area contributed by atoms with Crippen LogP contribution in [0.1, 0.15) is 26.7 Å². The van der Waals surface area contributed by atoms with Crippen LogP contribution >= 0.6 is 0 Å². The largest absolute Gasteiger partial charge is 0.481 e. The number of aliphatic hydroxyl groups excluding tert-OH is 1. The van der Waals surface area contributed by atoms with E-state index in [1.54, 1.807) is 6.92 Å². The predicted molar refractivity (Wildman–Crippen MR) is 46.0 cm³/mol. The van der Waals surface area contributed by atoms with Crippen LogP contribution in [0.15, 0.2) is 0 Å². The summed E-state index contributed by atoms with van der Waals surface area (Å²) in [6.45, 7) is 4.19. The lowest BCUT2D eigenvalue weighted by molar-refractivity contribution is -0.137. The SMILES string of the molecule is CC(O)CCNC(C)CC(=O)O. The number of carboxylic acid groups (broad SMARTS) is 1. The van der Waals surface area contributed by atoms with Gasteiger partial charge in [0.15, 0.2) is 0 Å². The molecule has 0 saturated carbocycles. The molecule has 2 unspecified atom stereocenters. The molecule has 3 N–H and O–H groups in total. The Morgan fingerprint density at radius 2 is 2.08 bits per heavy atom. The van der Waals surface area contributed by atoms with Crippen LogP contribution in [0.3, 0.4) is 0 Å². The molecule has 0 rings (SSSR count). The third-order valence-electron chi connectivity index (χ3n) is 1.54. The van der Waals surface area contributed by atoms with E-state index >= 15 is 0 Å². The quantitative estimate of drug-likeness (QED) is 0.539. The zero-order valence-electron chi connectivity index (χ0n) is 7.58. The number of aliphatic hydroxyl groups is 1. The highest BCUT2D eigenvalue weighted by atomic mass is 16.4. The maximum Gasteiger partial charge on any atom is 0.304 e. The summed E-state index contributed by atoms with van der Waals surface area (Å²) in [4.78, 5) is 10.2. The number of carboxylic acids is 1. The Morgan fingerprint density at radius 3 is 2.50 bits per heavy atom. The lowest BCUT2D eigenvalue weighted by Gasteiger charge is -2.11. The monoisotopic (exact) mass is 175 g/mol. The Hall–Kier alpha value is -0.610. The molecular weight excluding hydrogens is 158 g/mol. The van der Waals surface area contributed by atoms with Crippen LogP contribution in [0, 0.1) is 0 Å². The molecule has 0 aliphatic rings. The standard InChI is InChI=1S/C8H17NO3/c1-6(5-8(11)12)9-4-3-7(2)10/h6-7,9-10H,3-5H2,1-2H3,(H,11,12). The van der Waals surface area contributed by atoms with Crippen LogP contribution in [0.2, 0.25) is 0 Å². The van der Waals surface area contributed by atoms with Gasteiger partial charge in [0.2, 0.25) is 0 Å². The van der Waals surface area contributed by atoms with Gasteiger partial charge in [0, 0.05) is 6.04 Å². The van der Waals surface area contributed by atoms with Gasteiger partial charge in [-0.15, -0.1) is 0 Å². The van der Waals surface area contributed by atoms with Gasteiger partial charge in [-0.3, -0.25) is 4.79 Å². The normalized spacial score (nSPS) is 15.6. The average molecular weight is 175 g/mol. The first-order chi connectivity index (χ1) is 5.52. The molecule has 4 heteroatoms.